The number of rotatable bonds is 7. The van der Waals surface area contributed by atoms with E-state index in [-0.39, 0.29) is 17.1 Å². The summed E-state index contributed by atoms with van der Waals surface area (Å²) < 4.78 is 5.89. The highest BCUT2D eigenvalue weighted by Gasteiger charge is 2.25. The molecule has 2 unspecified atom stereocenters. The van der Waals surface area contributed by atoms with Crippen molar-refractivity contribution < 1.29 is 24.7 Å². The van der Waals surface area contributed by atoms with Gasteiger partial charge in [0.05, 0.1) is 15.8 Å². The Labute approximate surface area is 308 Å². The smallest absolute Gasteiger partial charge is 0.320 e. The molecule has 6 rings (SSSR count). The molecule has 3 heterocycles. The molecule has 0 spiro atoms. The van der Waals surface area contributed by atoms with Crippen LogP contribution in [0.25, 0.3) is 32.7 Å². The summed E-state index contributed by atoms with van der Waals surface area (Å²) in [5.74, 6) is -2.14. The Morgan fingerprint density at radius 1 is 0.725 bits per heavy atom. The molecule has 0 aliphatic carbocycles. The third-order valence-corrected chi connectivity index (χ3v) is 9.87. The van der Waals surface area contributed by atoms with Gasteiger partial charge in [-0.25, -0.2) is 0 Å². The molecule has 15 heteroatoms. The SMILES string of the molecule is Cc1c(CC(N)C(=O)O)c2c([N+](=O)[O-])cc(Cl)cc2n1C.Cc1c(CC(N)C(=O)O)c2ccc(Cl)cc2n1C.Cc1cc2ccc(Cl)cc2n1C. The molecule has 0 amide bonds. The van der Waals surface area contributed by atoms with Gasteiger partial charge in [0.25, 0.3) is 5.69 Å². The van der Waals surface area contributed by atoms with Gasteiger partial charge in [0.2, 0.25) is 0 Å². The van der Waals surface area contributed by atoms with Crippen molar-refractivity contribution in [2.24, 2.45) is 32.6 Å². The van der Waals surface area contributed by atoms with Gasteiger partial charge in [-0.1, -0.05) is 46.9 Å². The van der Waals surface area contributed by atoms with Gasteiger partial charge in [-0.2, -0.15) is 0 Å². The lowest BCUT2D eigenvalue weighted by Gasteiger charge is -2.07. The highest BCUT2D eigenvalue weighted by atomic mass is 35.5. The van der Waals surface area contributed by atoms with E-state index in [2.05, 4.69) is 17.6 Å². The number of aromatic nitrogens is 3. The fraction of sp³-hybridized carbons (Fsp3) is 0.278. The summed E-state index contributed by atoms with van der Waals surface area (Å²) in [6, 6.07) is 14.6. The van der Waals surface area contributed by atoms with Crippen LogP contribution in [0.5, 0.6) is 0 Å². The molecule has 0 saturated carbocycles. The van der Waals surface area contributed by atoms with Crippen molar-refractivity contribution >= 4 is 85.1 Å². The molecule has 51 heavy (non-hydrogen) atoms. The van der Waals surface area contributed by atoms with E-state index in [1.54, 1.807) is 30.7 Å². The summed E-state index contributed by atoms with van der Waals surface area (Å²) in [6.45, 7) is 5.81. The first-order valence-corrected chi connectivity index (χ1v) is 16.8. The summed E-state index contributed by atoms with van der Waals surface area (Å²) in [7, 11) is 5.73. The molecular formula is C36H39Cl3N6O6. The molecule has 270 valence electrons. The van der Waals surface area contributed by atoms with Crippen molar-refractivity contribution in [2.45, 2.75) is 45.7 Å². The number of aliphatic carboxylic acids is 2. The average molecular weight is 758 g/mol. The zero-order valence-electron chi connectivity index (χ0n) is 28.9. The second kappa shape index (κ2) is 15.7. The van der Waals surface area contributed by atoms with Crippen LogP contribution in [-0.4, -0.2) is 52.9 Å². The van der Waals surface area contributed by atoms with Crippen LogP contribution in [0.3, 0.4) is 0 Å². The normalized spacial score (nSPS) is 12.3. The minimum Gasteiger partial charge on any atom is -0.480 e. The minimum absolute atomic E-state index is 0.0149. The maximum absolute atomic E-state index is 11.2. The van der Waals surface area contributed by atoms with E-state index in [1.807, 2.05) is 55.9 Å². The number of carboxylic acid groups (broad SMARTS) is 2. The summed E-state index contributed by atoms with van der Waals surface area (Å²) in [4.78, 5) is 32.5. The number of hydrogen-bond donors (Lipinski definition) is 4. The van der Waals surface area contributed by atoms with Crippen molar-refractivity contribution in [3.8, 4) is 0 Å². The predicted octanol–water partition coefficient (Wildman–Crippen LogP) is 7.24. The highest BCUT2D eigenvalue weighted by molar-refractivity contribution is 6.32. The Hall–Kier alpha value is -4.59. The van der Waals surface area contributed by atoms with Gasteiger partial charge in [0.15, 0.2) is 0 Å². The number of nitrogens with zero attached hydrogens (tertiary/aromatic N) is 4. The quantitative estimate of drug-likeness (QED) is 0.0970. The molecule has 0 radical (unpaired) electrons. The van der Waals surface area contributed by atoms with Gasteiger partial charge in [0.1, 0.15) is 12.1 Å². The predicted molar refractivity (Wildman–Crippen MR) is 203 cm³/mol. The lowest BCUT2D eigenvalue weighted by Crippen LogP contribution is -2.32. The van der Waals surface area contributed by atoms with Gasteiger partial charge in [-0.15, -0.1) is 0 Å². The largest absolute Gasteiger partial charge is 0.480 e. The Morgan fingerprint density at radius 3 is 1.78 bits per heavy atom. The summed E-state index contributed by atoms with van der Waals surface area (Å²) in [5, 5.41) is 33.5. The van der Waals surface area contributed by atoms with Crippen LogP contribution in [0.15, 0.2) is 54.6 Å². The fourth-order valence-corrected chi connectivity index (χ4v) is 6.58. The molecule has 2 atom stereocenters. The second-order valence-corrected chi connectivity index (χ2v) is 13.6. The van der Waals surface area contributed by atoms with Gasteiger partial charge in [-0.3, -0.25) is 19.7 Å². The molecule has 0 bridgehead atoms. The highest BCUT2D eigenvalue weighted by Crippen LogP contribution is 2.36. The van der Waals surface area contributed by atoms with E-state index in [0.717, 1.165) is 32.9 Å². The number of fused-ring (bicyclic) bond motifs is 3. The van der Waals surface area contributed by atoms with E-state index in [9.17, 15) is 19.7 Å². The van der Waals surface area contributed by atoms with Gasteiger partial charge in [0, 0.05) is 88.6 Å². The number of aryl methyl sites for hydroxylation is 4. The molecule has 12 nitrogen and oxygen atoms in total. The van der Waals surface area contributed by atoms with Crippen LogP contribution in [0, 0.1) is 30.9 Å². The number of carboxylic acids is 2. The molecule has 0 fully saturated rings. The van der Waals surface area contributed by atoms with E-state index in [1.165, 1.54) is 22.7 Å². The molecule has 6 N–H and O–H groups in total. The summed E-state index contributed by atoms with van der Waals surface area (Å²) >= 11 is 17.8. The van der Waals surface area contributed by atoms with Crippen molar-refractivity contribution in [1.82, 2.24) is 13.7 Å². The number of non-ortho nitro benzene ring substituents is 1. The van der Waals surface area contributed by atoms with Crippen molar-refractivity contribution in [3.63, 3.8) is 0 Å². The molecule has 0 aliphatic rings. The number of halogens is 3. The van der Waals surface area contributed by atoms with Crippen LogP contribution in [0.1, 0.15) is 28.2 Å². The van der Waals surface area contributed by atoms with Crippen molar-refractivity contribution in [3.05, 3.63) is 108 Å². The first-order chi connectivity index (χ1) is 23.8. The number of nitro benzene ring substituents is 1. The number of carbonyl (C=O) groups is 2. The average Bonchev–Trinajstić information content (AvgIpc) is 3.58. The molecule has 0 aliphatic heterocycles. The molecule has 6 aromatic rings. The third-order valence-electron chi connectivity index (χ3n) is 9.18. The lowest BCUT2D eigenvalue weighted by atomic mass is 10.0. The Bertz CT molecular complexity index is 2310. The zero-order valence-corrected chi connectivity index (χ0v) is 31.1. The molecular weight excluding hydrogens is 719 g/mol. The summed E-state index contributed by atoms with van der Waals surface area (Å²) in [6.07, 6.45) is 0.334. The Kier molecular flexibility index (Phi) is 12.1. The van der Waals surface area contributed by atoms with E-state index >= 15 is 0 Å². The monoisotopic (exact) mass is 756 g/mol. The minimum atomic E-state index is -1.15. The maximum Gasteiger partial charge on any atom is 0.320 e. The topological polar surface area (TPSA) is 185 Å². The second-order valence-electron chi connectivity index (χ2n) is 12.3. The molecule has 3 aromatic carbocycles. The van der Waals surface area contributed by atoms with Crippen LogP contribution < -0.4 is 11.5 Å². The first kappa shape index (κ1) is 39.2. The Balaban J connectivity index is 0.000000177. The van der Waals surface area contributed by atoms with Crippen LogP contribution in [0.2, 0.25) is 15.1 Å². The molecule has 0 saturated heterocycles. The van der Waals surface area contributed by atoms with Crippen LogP contribution >= 0.6 is 34.8 Å². The zero-order chi connectivity index (χ0) is 38.1. The third kappa shape index (κ3) is 8.32. The van der Waals surface area contributed by atoms with Gasteiger partial charge < -0.3 is 35.4 Å². The Morgan fingerprint density at radius 2 is 1.22 bits per heavy atom. The van der Waals surface area contributed by atoms with Gasteiger partial charge in [-0.05, 0) is 73.7 Å². The summed E-state index contributed by atoms with van der Waals surface area (Å²) in [5.41, 5.74) is 18.3. The van der Waals surface area contributed by atoms with Gasteiger partial charge >= 0.3 is 11.9 Å². The first-order valence-electron chi connectivity index (χ1n) is 15.7. The number of hydrogen-bond acceptors (Lipinski definition) is 6. The molecule has 3 aromatic heterocycles. The number of nitro groups is 1. The fourth-order valence-electron chi connectivity index (χ4n) is 6.04. The van der Waals surface area contributed by atoms with E-state index < -0.39 is 28.9 Å². The van der Waals surface area contributed by atoms with E-state index in [0.29, 0.717) is 27.9 Å². The maximum atomic E-state index is 11.2. The lowest BCUT2D eigenvalue weighted by molar-refractivity contribution is -0.383. The van der Waals surface area contributed by atoms with Crippen LogP contribution in [0.4, 0.5) is 5.69 Å². The number of nitrogens with two attached hydrogens (primary N) is 2. The van der Waals surface area contributed by atoms with Crippen molar-refractivity contribution in [1.29, 1.82) is 0 Å². The van der Waals surface area contributed by atoms with Crippen LogP contribution in [-0.2, 0) is 43.6 Å². The standard InChI is InChI=1S/C13H14ClN3O4.C13H15ClN2O2.C10H10ClN/c1-6-8(5-9(15)13(18)19)12-10(16(6)2)3-7(14)4-11(12)17(20)21;1-7-10(6-11(15)13(17)18)9-4-3-8(14)5-12(9)16(7)2;1-7-5-8-3-4-9(11)6-10(8)12(7)2/h3-4,9H,5,15H2,1-2H3,(H,18,19);3-5,11H,6,15H2,1-2H3,(H,17,18);3-6H,1-2H3. The van der Waals surface area contributed by atoms with E-state index in [4.69, 9.17) is 56.5 Å². The number of benzene rings is 3. The van der Waals surface area contributed by atoms with Crippen molar-refractivity contribution in [2.75, 3.05) is 0 Å².